The first kappa shape index (κ1) is 13.3. The molecule has 0 atom stereocenters. The van der Waals surface area contributed by atoms with Crippen LogP contribution in [-0.4, -0.2) is 15.9 Å². The minimum absolute atomic E-state index is 0.790. The third-order valence-corrected chi connectivity index (χ3v) is 5.25. The van der Waals surface area contributed by atoms with E-state index in [9.17, 15) is 0 Å². The van der Waals surface area contributed by atoms with Gasteiger partial charge in [-0.05, 0) is 37.1 Å². The summed E-state index contributed by atoms with van der Waals surface area (Å²) < 4.78 is 0. The molecule has 1 saturated carbocycles. The van der Waals surface area contributed by atoms with E-state index in [-0.39, 0.29) is 0 Å². The van der Waals surface area contributed by atoms with Gasteiger partial charge in [-0.3, -0.25) is 4.90 Å². The Labute approximate surface area is 123 Å². The fourth-order valence-corrected chi connectivity index (χ4v) is 3.94. The van der Waals surface area contributed by atoms with Crippen molar-refractivity contribution in [3.63, 3.8) is 0 Å². The second-order valence-corrected chi connectivity index (χ2v) is 7.17. The Kier molecular flexibility index (Phi) is 4.31. The molecule has 1 aliphatic carbocycles. The molecule has 0 aliphatic heterocycles. The zero-order valence-electron chi connectivity index (χ0n) is 11.3. The molecular weight excluding hydrogens is 272 g/mol. The van der Waals surface area contributed by atoms with Crippen LogP contribution in [-0.2, 0) is 19.5 Å². The topological polar surface area (TPSA) is 16.1 Å². The Morgan fingerprint density at radius 2 is 2.21 bits per heavy atom. The number of hydrogen-bond donors (Lipinski definition) is 0. The third kappa shape index (κ3) is 3.65. The molecule has 0 saturated heterocycles. The first-order chi connectivity index (χ1) is 9.35. The zero-order chi connectivity index (χ0) is 13.1. The van der Waals surface area contributed by atoms with Gasteiger partial charge in [0, 0.05) is 29.4 Å². The van der Waals surface area contributed by atoms with Gasteiger partial charge >= 0.3 is 0 Å². The monoisotopic (exact) mass is 292 g/mol. The summed E-state index contributed by atoms with van der Waals surface area (Å²) in [6, 6.07) is 5.18. The Bertz CT molecular complexity index is 500. The van der Waals surface area contributed by atoms with Gasteiger partial charge in [0.15, 0.2) is 0 Å². The highest BCUT2D eigenvalue weighted by Gasteiger charge is 2.29. The average Bonchev–Trinajstić information content (AvgIpc) is 2.95. The highest BCUT2D eigenvalue weighted by Crippen LogP contribution is 2.30. The maximum Gasteiger partial charge on any atom is 0.0928 e. The molecule has 0 unspecified atom stereocenters. The van der Waals surface area contributed by atoms with Crippen LogP contribution in [0.3, 0.4) is 0 Å². The van der Waals surface area contributed by atoms with Crippen LogP contribution in [0, 0.1) is 0 Å². The first-order valence-corrected chi connectivity index (χ1v) is 8.81. The van der Waals surface area contributed by atoms with E-state index in [1.807, 2.05) is 22.7 Å². The lowest BCUT2D eigenvalue weighted by molar-refractivity contribution is 0.245. The van der Waals surface area contributed by atoms with Crippen molar-refractivity contribution in [3.05, 3.63) is 38.5 Å². The molecule has 0 N–H and O–H groups in total. The number of nitrogens with zero attached hydrogens (tertiary/aromatic N) is 2. The Morgan fingerprint density at radius 1 is 1.32 bits per heavy atom. The summed E-state index contributed by atoms with van der Waals surface area (Å²) in [5, 5.41) is 5.71. The van der Waals surface area contributed by atoms with Gasteiger partial charge in [0.2, 0.25) is 0 Å². The van der Waals surface area contributed by atoms with E-state index in [2.05, 4.69) is 34.7 Å². The van der Waals surface area contributed by atoms with Gasteiger partial charge in [-0.1, -0.05) is 13.0 Å². The minimum Gasteiger partial charge on any atom is -0.289 e. The molecule has 2 heterocycles. The van der Waals surface area contributed by atoms with Gasteiger partial charge < -0.3 is 0 Å². The molecule has 1 fully saturated rings. The first-order valence-electron chi connectivity index (χ1n) is 7.05. The lowest BCUT2D eigenvalue weighted by atomic mass is 10.3. The molecule has 4 heteroatoms. The summed E-state index contributed by atoms with van der Waals surface area (Å²) in [5.41, 5.74) is 1.26. The molecule has 1 aliphatic rings. The quantitative estimate of drug-likeness (QED) is 0.755. The number of aryl methyl sites for hydroxylation is 1. The molecule has 2 aromatic heterocycles. The SMILES string of the molecule is CCCc1nc(CN(Cc2cccs2)C2CC2)cs1. The van der Waals surface area contributed by atoms with Gasteiger partial charge in [0.05, 0.1) is 10.7 Å². The largest absolute Gasteiger partial charge is 0.289 e. The van der Waals surface area contributed by atoms with Crippen molar-refractivity contribution < 1.29 is 0 Å². The van der Waals surface area contributed by atoms with Gasteiger partial charge in [0.25, 0.3) is 0 Å². The highest BCUT2D eigenvalue weighted by atomic mass is 32.1. The Hall–Kier alpha value is -0.710. The molecule has 0 amide bonds. The molecule has 3 rings (SSSR count). The summed E-state index contributed by atoms with van der Waals surface area (Å²) in [6.45, 7) is 4.32. The lowest BCUT2D eigenvalue weighted by Crippen LogP contribution is -2.24. The number of rotatable bonds is 7. The second-order valence-electron chi connectivity index (χ2n) is 5.20. The average molecular weight is 292 g/mol. The van der Waals surface area contributed by atoms with E-state index in [1.165, 1.54) is 34.8 Å². The number of aromatic nitrogens is 1. The van der Waals surface area contributed by atoms with Crippen molar-refractivity contribution in [2.24, 2.45) is 0 Å². The van der Waals surface area contributed by atoms with E-state index >= 15 is 0 Å². The van der Waals surface area contributed by atoms with Crippen molar-refractivity contribution in [1.29, 1.82) is 0 Å². The highest BCUT2D eigenvalue weighted by molar-refractivity contribution is 7.10. The maximum atomic E-state index is 4.76. The summed E-state index contributed by atoms with van der Waals surface area (Å²) in [6.07, 6.45) is 5.03. The van der Waals surface area contributed by atoms with Gasteiger partial charge in [-0.2, -0.15) is 0 Å². The molecule has 2 nitrogen and oxygen atoms in total. The van der Waals surface area contributed by atoms with Gasteiger partial charge in [0.1, 0.15) is 0 Å². The van der Waals surface area contributed by atoms with Crippen LogP contribution in [0.4, 0.5) is 0 Å². The lowest BCUT2D eigenvalue weighted by Gasteiger charge is -2.19. The molecular formula is C15H20N2S2. The molecule has 19 heavy (non-hydrogen) atoms. The summed E-state index contributed by atoms with van der Waals surface area (Å²) in [4.78, 5) is 8.82. The van der Waals surface area contributed by atoms with Crippen LogP contribution in [0.2, 0.25) is 0 Å². The van der Waals surface area contributed by atoms with Crippen LogP contribution in [0.5, 0.6) is 0 Å². The molecule has 0 aromatic carbocycles. The summed E-state index contributed by atoms with van der Waals surface area (Å²) in [5.74, 6) is 0. The van der Waals surface area contributed by atoms with Crippen LogP contribution < -0.4 is 0 Å². The van der Waals surface area contributed by atoms with E-state index < -0.39 is 0 Å². The fourth-order valence-electron chi connectivity index (χ4n) is 2.31. The molecule has 0 bridgehead atoms. The summed E-state index contributed by atoms with van der Waals surface area (Å²) >= 11 is 3.68. The van der Waals surface area contributed by atoms with E-state index in [0.717, 1.165) is 25.6 Å². The third-order valence-electron chi connectivity index (χ3n) is 3.43. The Balaban J connectivity index is 1.63. The van der Waals surface area contributed by atoms with Crippen LogP contribution in [0.15, 0.2) is 22.9 Å². The maximum absolute atomic E-state index is 4.76. The van der Waals surface area contributed by atoms with Crippen LogP contribution >= 0.6 is 22.7 Å². The number of thiophene rings is 1. The molecule has 0 spiro atoms. The van der Waals surface area contributed by atoms with Crippen molar-refractivity contribution >= 4 is 22.7 Å². The van der Waals surface area contributed by atoms with Crippen molar-refractivity contribution in [1.82, 2.24) is 9.88 Å². The van der Waals surface area contributed by atoms with Crippen molar-refractivity contribution in [2.75, 3.05) is 0 Å². The standard InChI is InChI=1S/C15H20N2S2/c1-2-4-15-16-12(11-19-15)9-17(13-6-7-13)10-14-5-3-8-18-14/h3,5,8,11,13H,2,4,6-7,9-10H2,1H3. The minimum atomic E-state index is 0.790. The second kappa shape index (κ2) is 6.16. The van der Waals surface area contributed by atoms with E-state index in [4.69, 9.17) is 4.98 Å². The van der Waals surface area contributed by atoms with E-state index in [1.54, 1.807) is 0 Å². The molecule has 102 valence electrons. The predicted molar refractivity (Wildman–Crippen MR) is 82.7 cm³/mol. The smallest absolute Gasteiger partial charge is 0.0928 e. The van der Waals surface area contributed by atoms with Crippen LogP contribution in [0.1, 0.15) is 41.8 Å². The van der Waals surface area contributed by atoms with Crippen molar-refractivity contribution in [2.45, 2.75) is 51.7 Å². The normalized spacial score (nSPS) is 15.3. The molecule has 0 radical (unpaired) electrons. The zero-order valence-corrected chi connectivity index (χ0v) is 13.0. The molecule has 2 aromatic rings. The van der Waals surface area contributed by atoms with Gasteiger partial charge in [-0.25, -0.2) is 4.98 Å². The number of thiazole rings is 1. The predicted octanol–water partition coefficient (Wildman–Crippen LogP) is 4.32. The summed E-state index contributed by atoms with van der Waals surface area (Å²) in [7, 11) is 0. The van der Waals surface area contributed by atoms with E-state index in [0.29, 0.717) is 0 Å². The van der Waals surface area contributed by atoms with Crippen LogP contribution in [0.25, 0.3) is 0 Å². The Morgan fingerprint density at radius 3 is 2.89 bits per heavy atom. The fraction of sp³-hybridized carbons (Fsp3) is 0.533. The van der Waals surface area contributed by atoms with Crippen molar-refractivity contribution in [3.8, 4) is 0 Å². The van der Waals surface area contributed by atoms with Gasteiger partial charge in [-0.15, -0.1) is 22.7 Å². The number of hydrogen-bond acceptors (Lipinski definition) is 4.